The van der Waals surface area contributed by atoms with Crippen molar-refractivity contribution >= 4 is 44.3 Å². The van der Waals surface area contributed by atoms with Gasteiger partial charge in [-0.15, -0.1) is 0 Å². The zero-order valence-corrected chi connectivity index (χ0v) is 22.9. The molecular weight excluding hydrogens is 527 g/mol. The van der Waals surface area contributed by atoms with Crippen molar-refractivity contribution in [2.75, 3.05) is 0 Å². The second kappa shape index (κ2) is 9.24. The predicted octanol–water partition coefficient (Wildman–Crippen LogP) is 11.4. The van der Waals surface area contributed by atoms with Crippen LogP contribution in [-0.4, -0.2) is 4.57 Å². The Bertz CT molecular complexity index is 2760. The van der Waals surface area contributed by atoms with Gasteiger partial charge in [-0.2, -0.15) is 0 Å². The monoisotopic (exact) mass is 560 g/mol. The van der Waals surface area contributed by atoms with E-state index in [-0.39, 0.29) is 65.2 Å². The molecule has 0 aliphatic carbocycles. The summed E-state index contributed by atoms with van der Waals surface area (Å²) >= 11 is 1.56. The third-order valence-electron chi connectivity index (χ3n) is 7.97. The van der Waals surface area contributed by atoms with E-state index in [0.29, 0.717) is 11.1 Å². The quantitative estimate of drug-likeness (QED) is 0.208. The van der Waals surface area contributed by atoms with E-state index in [1.54, 1.807) is 11.8 Å². The van der Waals surface area contributed by atoms with Gasteiger partial charge in [0.2, 0.25) is 0 Å². The highest BCUT2D eigenvalue weighted by Gasteiger charge is 2.21. The number of hydrogen-bond acceptors (Lipinski definition) is 1. The molecule has 0 amide bonds. The number of benzene rings is 7. The molecule has 1 aliphatic heterocycles. The van der Waals surface area contributed by atoms with Gasteiger partial charge in [-0.05, 0) is 81.2 Å². The predicted molar refractivity (Wildman–Crippen MR) is 179 cm³/mol. The Hall–Kier alpha value is -5.05. The minimum Gasteiger partial charge on any atom is -0.309 e. The molecule has 42 heavy (non-hydrogen) atoms. The van der Waals surface area contributed by atoms with E-state index in [9.17, 15) is 1.37 Å². The molecule has 0 radical (unpaired) electrons. The summed E-state index contributed by atoms with van der Waals surface area (Å²) in [6.07, 6.45) is 0. The Morgan fingerprint density at radius 3 is 2.02 bits per heavy atom. The van der Waals surface area contributed by atoms with Crippen LogP contribution in [0.4, 0.5) is 0 Å². The van der Waals surface area contributed by atoms with Crippen LogP contribution in [0.2, 0.25) is 0 Å². The van der Waals surface area contributed by atoms with Crippen molar-refractivity contribution in [1.29, 1.82) is 0 Å². The Balaban J connectivity index is 1.28. The van der Waals surface area contributed by atoms with Gasteiger partial charge in [0.15, 0.2) is 0 Å². The molecular formula is C40H25NS. The molecule has 8 aromatic rings. The molecule has 0 unspecified atom stereocenters. The van der Waals surface area contributed by atoms with Crippen molar-refractivity contribution in [2.45, 2.75) is 9.79 Å². The maximum Gasteiger partial charge on any atom is 0.0651 e. The maximum atomic E-state index is 9.55. The van der Waals surface area contributed by atoms with E-state index in [1.165, 1.54) is 0 Å². The van der Waals surface area contributed by atoms with Crippen LogP contribution < -0.4 is 0 Å². The summed E-state index contributed by atoms with van der Waals surface area (Å²) in [6.45, 7) is 0. The molecule has 2 heteroatoms. The first-order chi connectivity index (χ1) is 24.6. The van der Waals surface area contributed by atoms with Gasteiger partial charge in [0.05, 0.1) is 23.4 Å². The molecule has 2 heterocycles. The highest BCUT2D eigenvalue weighted by molar-refractivity contribution is 7.99. The molecule has 196 valence electrons. The SMILES string of the molecule is [2H]c1c([2H])c([2H])c(-c2ccc3c4c(cccc24)-c2cc(-c4c([2H])c([2H])c([2H])c(-n5c6ccccc6c6ccccc65)c4[2H])ccc2S3)c([2H])c1[2H]. The van der Waals surface area contributed by atoms with Gasteiger partial charge in [-0.3, -0.25) is 0 Å². The molecule has 9 rings (SSSR count). The lowest BCUT2D eigenvalue weighted by molar-refractivity contribution is 1.18. The van der Waals surface area contributed by atoms with Crippen molar-refractivity contribution in [3.05, 3.63) is 151 Å². The molecule has 0 bridgehead atoms. The first-order valence-corrected chi connectivity index (χ1v) is 14.4. The normalized spacial score (nSPS) is 15.2. The summed E-state index contributed by atoms with van der Waals surface area (Å²) in [5.41, 5.74) is 5.09. The Morgan fingerprint density at radius 1 is 0.500 bits per heavy atom. The van der Waals surface area contributed by atoms with Crippen molar-refractivity contribution in [2.24, 2.45) is 0 Å². The molecule has 0 N–H and O–H groups in total. The van der Waals surface area contributed by atoms with E-state index in [2.05, 4.69) is 0 Å². The lowest BCUT2D eigenvalue weighted by atomic mass is 9.91. The summed E-state index contributed by atoms with van der Waals surface area (Å²) in [5, 5.41) is 3.56. The van der Waals surface area contributed by atoms with Gasteiger partial charge in [-0.25, -0.2) is 0 Å². The van der Waals surface area contributed by atoms with Crippen LogP contribution in [0.15, 0.2) is 161 Å². The van der Waals surface area contributed by atoms with Crippen LogP contribution in [0.5, 0.6) is 0 Å². The van der Waals surface area contributed by atoms with Gasteiger partial charge in [0.25, 0.3) is 0 Å². The van der Waals surface area contributed by atoms with Crippen molar-refractivity contribution in [1.82, 2.24) is 4.57 Å². The van der Waals surface area contributed by atoms with Crippen molar-refractivity contribution in [3.8, 4) is 39.1 Å². The smallest absolute Gasteiger partial charge is 0.0651 e. The number of aromatic nitrogens is 1. The number of hydrogen-bond donors (Lipinski definition) is 0. The second-order valence-electron chi connectivity index (χ2n) is 10.2. The summed E-state index contributed by atoms with van der Waals surface area (Å²) in [5.74, 6) is 0. The molecule has 1 aliphatic rings. The van der Waals surface area contributed by atoms with Gasteiger partial charge in [0, 0.05) is 31.6 Å². The fraction of sp³-hybridized carbons (Fsp3) is 0. The number of nitrogens with zero attached hydrogens (tertiary/aromatic N) is 1. The topological polar surface area (TPSA) is 4.93 Å². The average molecular weight is 561 g/mol. The van der Waals surface area contributed by atoms with Crippen LogP contribution in [0, 0.1) is 0 Å². The summed E-state index contributed by atoms with van der Waals surface area (Å²) in [6, 6.07) is 28.5. The van der Waals surface area contributed by atoms with Crippen LogP contribution in [0.3, 0.4) is 0 Å². The lowest BCUT2D eigenvalue weighted by Gasteiger charge is -2.22. The molecule has 7 aromatic carbocycles. The van der Waals surface area contributed by atoms with E-state index < -0.39 is 6.04 Å². The van der Waals surface area contributed by atoms with Crippen molar-refractivity contribution < 1.29 is 12.3 Å². The van der Waals surface area contributed by atoms with Crippen molar-refractivity contribution in [3.63, 3.8) is 0 Å². The third-order valence-corrected chi connectivity index (χ3v) is 9.10. The van der Waals surface area contributed by atoms with E-state index in [1.807, 2.05) is 102 Å². The first-order valence-electron chi connectivity index (χ1n) is 18.1. The molecule has 0 fully saturated rings. The minimum atomic E-state index is -0.438. The van der Waals surface area contributed by atoms with Crippen LogP contribution in [0.25, 0.3) is 71.6 Å². The minimum absolute atomic E-state index is 0.0157. The Kier molecular flexibility index (Phi) is 3.61. The largest absolute Gasteiger partial charge is 0.309 e. The zero-order valence-electron chi connectivity index (χ0n) is 31.1. The molecule has 1 aromatic heterocycles. The van der Waals surface area contributed by atoms with Gasteiger partial charge < -0.3 is 4.57 Å². The maximum absolute atomic E-state index is 9.55. The third kappa shape index (κ3) is 3.52. The van der Waals surface area contributed by atoms with E-state index in [4.69, 9.17) is 11.0 Å². The average Bonchev–Trinajstić information content (AvgIpc) is 3.47. The van der Waals surface area contributed by atoms with Gasteiger partial charge >= 0.3 is 0 Å². The number of para-hydroxylation sites is 2. The van der Waals surface area contributed by atoms with Gasteiger partial charge in [-0.1, -0.05) is 121 Å². The Morgan fingerprint density at radius 2 is 1.21 bits per heavy atom. The Labute approximate surface area is 261 Å². The van der Waals surface area contributed by atoms with Gasteiger partial charge in [0.1, 0.15) is 0 Å². The lowest BCUT2D eigenvalue weighted by Crippen LogP contribution is -1.96. The van der Waals surface area contributed by atoms with Crippen LogP contribution in [0.1, 0.15) is 12.3 Å². The molecule has 1 nitrogen and oxygen atoms in total. The fourth-order valence-corrected chi connectivity index (χ4v) is 7.25. The van der Waals surface area contributed by atoms with Crippen LogP contribution >= 0.6 is 11.8 Å². The first kappa shape index (κ1) is 16.4. The second-order valence-corrected chi connectivity index (χ2v) is 11.3. The summed E-state index contributed by atoms with van der Waals surface area (Å²) in [4.78, 5) is 1.91. The number of fused-ring (bicyclic) bond motifs is 5. The highest BCUT2D eigenvalue weighted by Crippen LogP contribution is 2.50. The standard InChI is InChI=1S/C40H25NS/c1-2-10-26(11-3-1)30-21-23-39-40-33(30)16-9-17-34(40)35-25-28(20-22-38(35)42-39)27-12-8-13-29(24-27)41-36-18-6-4-14-31(36)32-15-5-7-19-37(32)41/h1-25H/i1D,2D,3D,8D,10D,11D,12D,13D,24D. The highest BCUT2D eigenvalue weighted by atomic mass is 32.2. The fourth-order valence-electron chi connectivity index (χ4n) is 6.14. The molecule has 0 saturated carbocycles. The molecule has 0 spiro atoms. The van der Waals surface area contributed by atoms with Crippen LogP contribution in [-0.2, 0) is 0 Å². The number of rotatable bonds is 3. The molecule has 0 saturated heterocycles. The zero-order chi connectivity index (χ0) is 35.5. The summed E-state index contributed by atoms with van der Waals surface area (Å²) in [7, 11) is 0. The molecule has 0 atom stereocenters. The van der Waals surface area contributed by atoms with E-state index >= 15 is 0 Å². The van der Waals surface area contributed by atoms with E-state index in [0.717, 1.165) is 53.5 Å². The summed E-state index contributed by atoms with van der Waals surface area (Å²) < 4.78 is 80.2.